The van der Waals surface area contributed by atoms with Gasteiger partial charge in [0, 0.05) is 38.6 Å². The van der Waals surface area contributed by atoms with E-state index in [-0.39, 0.29) is 5.91 Å². The molecule has 116 valence electrons. The molecule has 4 nitrogen and oxygen atoms in total. The van der Waals surface area contributed by atoms with E-state index in [2.05, 4.69) is 13.8 Å². The Hall–Kier alpha value is -1.71. The Balaban J connectivity index is 2.16. The molecule has 0 spiro atoms. The molecule has 2 rings (SSSR count). The minimum absolute atomic E-state index is 0.105. The Morgan fingerprint density at radius 3 is 2.43 bits per heavy atom. The van der Waals surface area contributed by atoms with Crippen molar-refractivity contribution >= 4 is 17.3 Å². The van der Waals surface area contributed by atoms with Crippen LogP contribution in [0.4, 0.5) is 11.4 Å². The molecule has 0 saturated carbocycles. The average molecular weight is 289 g/mol. The summed E-state index contributed by atoms with van der Waals surface area (Å²) < 4.78 is 0. The molecule has 0 radical (unpaired) electrons. The molecular formula is C17H27N3O. The Kier molecular flexibility index (Phi) is 4.76. The van der Waals surface area contributed by atoms with Crippen LogP contribution >= 0.6 is 0 Å². The minimum Gasteiger partial charge on any atom is -0.399 e. The van der Waals surface area contributed by atoms with Crippen LogP contribution in [0.15, 0.2) is 18.2 Å². The van der Waals surface area contributed by atoms with E-state index in [1.54, 1.807) is 6.07 Å². The van der Waals surface area contributed by atoms with Gasteiger partial charge in [0.1, 0.15) is 0 Å². The van der Waals surface area contributed by atoms with E-state index in [9.17, 15) is 4.79 Å². The van der Waals surface area contributed by atoms with Crippen LogP contribution in [0.3, 0.4) is 0 Å². The number of carbonyl (C=O) groups excluding carboxylic acids is 1. The van der Waals surface area contributed by atoms with Gasteiger partial charge in [-0.05, 0) is 42.9 Å². The van der Waals surface area contributed by atoms with E-state index in [0.717, 1.165) is 37.5 Å². The maximum Gasteiger partial charge on any atom is 0.256 e. The second-order valence-corrected chi connectivity index (χ2v) is 6.54. The highest BCUT2D eigenvalue weighted by Crippen LogP contribution is 2.28. The fourth-order valence-electron chi connectivity index (χ4n) is 3.05. The highest BCUT2D eigenvalue weighted by Gasteiger charge is 2.26. The van der Waals surface area contributed by atoms with Crippen molar-refractivity contribution in [3.05, 3.63) is 23.8 Å². The summed E-state index contributed by atoms with van der Waals surface area (Å²) in [6.07, 6.45) is 2.20. The zero-order chi connectivity index (χ0) is 15.6. The molecule has 0 atom stereocenters. The Bertz CT molecular complexity index is 503. The number of nitrogens with zero attached hydrogens (tertiary/aromatic N) is 2. The molecule has 1 aliphatic heterocycles. The summed E-state index contributed by atoms with van der Waals surface area (Å²) in [5.41, 5.74) is 8.15. The fourth-order valence-corrected chi connectivity index (χ4v) is 3.05. The first kappa shape index (κ1) is 15.7. The second-order valence-electron chi connectivity index (χ2n) is 6.54. The summed E-state index contributed by atoms with van der Waals surface area (Å²) in [4.78, 5) is 16.7. The number of hydrogen-bond acceptors (Lipinski definition) is 3. The number of benzene rings is 1. The normalized spacial score (nSPS) is 16.3. The highest BCUT2D eigenvalue weighted by atomic mass is 16.2. The predicted molar refractivity (Wildman–Crippen MR) is 88.6 cm³/mol. The van der Waals surface area contributed by atoms with Gasteiger partial charge in [-0.3, -0.25) is 4.79 Å². The van der Waals surface area contributed by atoms with Crippen LogP contribution in [0.2, 0.25) is 0 Å². The number of likely N-dealkylation sites (tertiary alicyclic amines) is 1. The first-order valence-corrected chi connectivity index (χ1v) is 7.76. The quantitative estimate of drug-likeness (QED) is 0.871. The summed E-state index contributed by atoms with van der Waals surface area (Å²) in [5.74, 6) is 1.54. The van der Waals surface area contributed by atoms with E-state index in [4.69, 9.17) is 5.73 Å². The standard InChI is InChI=1S/C17H27N3O/c1-12(2)13-7-9-20(10-8-13)17(21)15-11-14(18)5-6-16(15)19(3)4/h5-6,11-13H,7-10,18H2,1-4H3. The number of piperidine rings is 1. The molecule has 1 fully saturated rings. The summed E-state index contributed by atoms with van der Waals surface area (Å²) in [6.45, 7) is 6.24. The molecule has 0 bridgehead atoms. The first-order chi connectivity index (χ1) is 9.90. The van der Waals surface area contributed by atoms with Crippen LogP contribution in [0, 0.1) is 11.8 Å². The summed E-state index contributed by atoms with van der Waals surface area (Å²) >= 11 is 0. The number of anilines is 2. The van der Waals surface area contributed by atoms with E-state index >= 15 is 0 Å². The molecule has 4 heteroatoms. The predicted octanol–water partition coefficient (Wildman–Crippen LogP) is 2.84. The Morgan fingerprint density at radius 2 is 1.90 bits per heavy atom. The number of rotatable bonds is 3. The van der Waals surface area contributed by atoms with Crippen LogP contribution in [0.25, 0.3) is 0 Å². The molecule has 1 heterocycles. The zero-order valence-corrected chi connectivity index (χ0v) is 13.6. The van der Waals surface area contributed by atoms with Crippen LogP contribution in [-0.4, -0.2) is 38.0 Å². The van der Waals surface area contributed by atoms with Gasteiger partial charge in [-0.25, -0.2) is 0 Å². The molecule has 21 heavy (non-hydrogen) atoms. The maximum atomic E-state index is 12.8. The van der Waals surface area contributed by atoms with Gasteiger partial charge in [0.2, 0.25) is 0 Å². The van der Waals surface area contributed by atoms with Gasteiger partial charge in [0.15, 0.2) is 0 Å². The number of hydrogen-bond donors (Lipinski definition) is 1. The maximum absolute atomic E-state index is 12.8. The topological polar surface area (TPSA) is 49.6 Å². The van der Waals surface area contributed by atoms with Gasteiger partial charge < -0.3 is 15.5 Å². The van der Waals surface area contributed by atoms with Crippen LogP contribution in [0.1, 0.15) is 37.0 Å². The van der Waals surface area contributed by atoms with Gasteiger partial charge in [-0.1, -0.05) is 13.8 Å². The summed E-state index contributed by atoms with van der Waals surface area (Å²) in [6, 6.07) is 5.56. The van der Waals surface area contributed by atoms with E-state index in [1.165, 1.54) is 0 Å². The van der Waals surface area contributed by atoms with Crippen molar-refractivity contribution in [1.29, 1.82) is 0 Å². The molecule has 0 aromatic heterocycles. The lowest BCUT2D eigenvalue weighted by atomic mass is 9.86. The van der Waals surface area contributed by atoms with Gasteiger partial charge in [-0.15, -0.1) is 0 Å². The number of amides is 1. The van der Waals surface area contributed by atoms with Gasteiger partial charge in [-0.2, -0.15) is 0 Å². The van der Waals surface area contributed by atoms with Crippen LogP contribution < -0.4 is 10.6 Å². The molecule has 2 N–H and O–H groups in total. The average Bonchev–Trinajstić information content (AvgIpc) is 2.46. The van der Waals surface area contributed by atoms with Crippen molar-refractivity contribution in [3.63, 3.8) is 0 Å². The van der Waals surface area contributed by atoms with Crippen molar-refractivity contribution in [2.75, 3.05) is 37.8 Å². The van der Waals surface area contributed by atoms with Crippen molar-refractivity contribution in [2.45, 2.75) is 26.7 Å². The lowest BCUT2D eigenvalue weighted by molar-refractivity contribution is 0.0668. The highest BCUT2D eigenvalue weighted by molar-refractivity contribution is 6.00. The van der Waals surface area contributed by atoms with Gasteiger partial charge in [0.25, 0.3) is 5.91 Å². The Labute approximate surface area is 127 Å². The molecule has 1 aromatic rings. The Morgan fingerprint density at radius 1 is 1.29 bits per heavy atom. The van der Waals surface area contributed by atoms with E-state index in [0.29, 0.717) is 17.2 Å². The second kappa shape index (κ2) is 6.37. The number of nitrogen functional groups attached to an aromatic ring is 1. The SMILES string of the molecule is CC(C)C1CCN(C(=O)c2cc(N)ccc2N(C)C)CC1. The molecule has 0 aliphatic carbocycles. The third-order valence-corrected chi connectivity index (χ3v) is 4.50. The van der Waals surface area contributed by atoms with Crippen molar-refractivity contribution < 1.29 is 4.79 Å². The van der Waals surface area contributed by atoms with Gasteiger partial charge >= 0.3 is 0 Å². The zero-order valence-electron chi connectivity index (χ0n) is 13.6. The molecule has 1 aliphatic rings. The third kappa shape index (κ3) is 3.49. The van der Waals surface area contributed by atoms with E-state index in [1.807, 2.05) is 36.0 Å². The smallest absolute Gasteiger partial charge is 0.256 e. The number of carbonyl (C=O) groups is 1. The minimum atomic E-state index is 0.105. The summed E-state index contributed by atoms with van der Waals surface area (Å²) in [5, 5.41) is 0. The molecule has 1 aromatic carbocycles. The van der Waals surface area contributed by atoms with Crippen LogP contribution in [0.5, 0.6) is 0 Å². The first-order valence-electron chi connectivity index (χ1n) is 7.76. The van der Waals surface area contributed by atoms with E-state index < -0.39 is 0 Å². The monoisotopic (exact) mass is 289 g/mol. The molecular weight excluding hydrogens is 262 g/mol. The van der Waals surface area contributed by atoms with Gasteiger partial charge in [0.05, 0.1) is 5.56 Å². The largest absolute Gasteiger partial charge is 0.399 e. The van der Waals surface area contributed by atoms with Crippen molar-refractivity contribution in [1.82, 2.24) is 4.90 Å². The summed E-state index contributed by atoms with van der Waals surface area (Å²) in [7, 11) is 3.90. The molecule has 1 amide bonds. The molecule has 1 saturated heterocycles. The van der Waals surface area contributed by atoms with Crippen LogP contribution in [-0.2, 0) is 0 Å². The third-order valence-electron chi connectivity index (χ3n) is 4.50. The number of nitrogens with two attached hydrogens (primary N) is 1. The van der Waals surface area contributed by atoms with Crippen molar-refractivity contribution in [2.24, 2.45) is 11.8 Å². The lowest BCUT2D eigenvalue weighted by Crippen LogP contribution is -2.40. The van der Waals surface area contributed by atoms with Crippen molar-refractivity contribution in [3.8, 4) is 0 Å². The fraction of sp³-hybridized carbons (Fsp3) is 0.588. The lowest BCUT2D eigenvalue weighted by Gasteiger charge is -2.34. The molecule has 0 unspecified atom stereocenters.